The Kier molecular flexibility index (Phi) is 9.51. The van der Waals surface area contributed by atoms with Crippen molar-refractivity contribution in [2.24, 2.45) is 0 Å². The molecule has 0 radical (unpaired) electrons. The van der Waals surface area contributed by atoms with Gasteiger partial charge in [0.1, 0.15) is 0 Å². The number of amides is 1. The Balaban J connectivity index is 0.00000361. The van der Waals surface area contributed by atoms with Gasteiger partial charge >= 0.3 is 0 Å². The van der Waals surface area contributed by atoms with Gasteiger partial charge in [-0.1, -0.05) is 32.0 Å². The first kappa shape index (κ1) is 19.1. The number of hydrogen-bond acceptors (Lipinski definition) is 3. The number of thioether (sulfide) groups is 1. The normalized spacial score (nSPS) is 10.6. The van der Waals surface area contributed by atoms with Crippen LogP contribution in [0.15, 0.2) is 30.3 Å². The van der Waals surface area contributed by atoms with E-state index in [9.17, 15) is 4.79 Å². The zero-order valence-corrected chi connectivity index (χ0v) is 14.1. The fourth-order valence-electron chi connectivity index (χ4n) is 1.92. The summed E-state index contributed by atoms with van der Waals surface area (Å²) in [6.45, 7) is 5.40. The van der Waals surface area contributed by atoms with E-state index >= 15 is 0 Å². The quantitative estimate of drug-likeness (QED) is 0.770. The smallest absolute Gasteiger partial charge is 0.239 e. The number of halogens is 1. The first-order chi connectivity index (χ1) is 9.15. The molecule has 3 nitrogen and oxygen atoms in total. The van der Waals surface area contributed by atoms with Crippen LogP contribution in [0.1, 0.15) is 26.7 Å². The minimum Gasteiger partial charge on any atom is -0.376 e. The molecular formula is C15H25ClN2OS. The molecule has 0 aliphatic carbocycles. The second kappa shape index (κ2) is 9.94. The molecule has 0 aromatic heterocycles. The highest BCUT2D eigenvalue weighted by molar-refractivity contribution is 8.00. The standard InChI is InChI=1S/C15H24N2OS.ClH/c1-4-15(5-2,19-3)12-17-14(18)11-16-13-9-7-6-8-10-13;/h6-10,16H,4-5,11-12H2,1-3H3,(H,17,18);1H. The molecule has 20 heavy (non-hydrogen) atoms. The predicted molar refractivity (Wildman–Crippen MR) is 92.0 cm³/mol. The second-order valence-electron chi connectivity index (χ2n) is 4.59. The van der Waals surface area contributed by atoms with Gasteiger partial charge in [0.05, 0.1) is 6.54 Å². The number of benzene rings is 1. The molecule has 1 aromatic carbocycles. The zero-order valence-electron chi connectivity index (χ0n) is 12.4. The summed E-state index contributed by atoms with van der Waals surface area (Å²) in [4.78, 5) is 11.8. The number of para-hydroxylation sites is 1. The maximum Gasteiger partial charge on any atom is 0.239 e. The zero-order chi connectivity index (χ0) is 14.1. The summed E-state index contributed by atoms with van der Waals surface area (Å²) in [5.74, 6) is 0.0455. The Morgan fingerprint density at radius 3 is 2.30 bits per heavy atom. The lowest BCUT2D eigenvalue weighted by Gasteiger charge is -2.29. The molecule has 1 amide bonds. The monoisotopic (exact) mass is 316 g/mol. The molecule has 0 heterocycles. The lowest BCUT2D eigenvalue weighted by molar-refractivity contribution is -0.119. The number of hydrogen-bond donors (Lipinski definition) is 2. The largest absolute Gasteiger partial charge is 0.376 e. The molecule has 114 valence electrons. The van der Waals surface area contributed by atoms with Crippen LogP contribution in [0.3, 0.4) is 0 Å². The van der Waals surface area contributed by atoms with E-state index in [2.05, 4.69) is 30.7 Å². The molecule has 0 bridgehead atoms. The molecule has 0 aliphatic rings. The van der Waals surface area contributed by atoms with E-state index in [0.717, 1.165) is 25.1 Å². The molecule has 1 rings (SSSR count). The van der Waals surface area contributed by atoms with Crippen LogP contribution < -0.4 is 10.6 Å². The van der Waals surface area contributed by atoms with Crippen LogP contribution in [-0.4, -0.2) is 30.0 Å². The third-order valence-corrected chi connectivity index (χ3v) is 5.14. The van der Waals surface area contributed by atoms with E-state index in [0.29, 0.717) is 6.54 Å². The maximum atomic E-state index is 11.8. The van der Waals surface area contributed by atoms with E-state index in [1.54, 1.807) is 0 Å². The molecule has 0 atom stereocenters. The van der Waals surface area contributed by atoms with E-state index < -0.39 is 0 Å². The summed E-state index contributed by atoms with van der Waals surface area (Å²) in [6, 6.07) is 9.77. The Bertz CT molecular complexity index is 374. The van der Waals surface area contributed by atoms with Crippen molar-refractivity contribution in [3.8, 4) is 0 Å². The van der Waals surface area contributed by atoms with E-state index in [1.165, 1.54) is 0 Å². The van der Waals surface area contributed by atoms with Crippen molar-refractivity contribution in [1.29, 1.82) is 0 Å². The van der Waals surface area contributed by atoms with E-state index in [4.69, 9.17) is 0 Å². The van der Waals surface area contributed by atoms with Gasteiger partial charge in [0.2, 0.25) is 5.91 Å². The molecule has 0 spiro atoms. The topological polar surface area (TPSA) is 41.1 Å². The summed E-state index contributed by atoms with van der Waals surface area (Å²) >= 11 is 1.84. The third-order valence-electron chi connectivity index (χ3n) is 3.56. The van der Waals surface area contributed by atoms with Crippen molar-refractivity contribution in [1.82, 2.24) is 5.32 Å². The molecule has 0 saturated carbocycles. The molecule has 5 heteroatoms. The maximum absolute atomic E-state index is 11.8. The number of rotatable bonds is 8. The van der Waals surface area contributed by atoms with Crippen LogP contribution in [0.25, 0.3) is 0 Å². The number of nitrogens with one attached hydrogen (secondary N) is 2. The van der Waals surface area contributed by atoms with Gasteiger partial charge < -0.3 is 10.6 Å². The van der Waals surface area contributed by atoms with Crippen LogP contribution >= 0.6 is 24.2 Å². The van der Waals surface area contributed by atoms with Crippen molar-refractivity contribution >= 4 is 35.8 Å². The van der Waals surface area contributed by atoms with Gasteiger partial charge in [0.25, 0.3) is 0 Å². The fourth-order valence-corrected chi connectivity index (χ4v) is 2.72. The van der Waals surface area contributed by atoms with Gasteiger partial charge in [-0.05, 0) is 31.2 Å². The minimum atomic E-state index is 0. The summed E-state index contributed by atoms with van der Waals surface area (Å²) < 4.78 is 0.169. The van der Waals surface area contributed by atoms with Crippen LogP contribution in [0.5, 0.6) is 0 Å². The van der Waals surface area contributed by atoms with Crippen LogP contribution in [-0.2, 0) is 4.79 Å². The lowest BCUT2D eigenvalue weighted by atomic mass is 10.0. The Hall–Kier alpha value is -0.870. The summed E-state index contributed by atoms with van der Waals surface area (Å²) in [6.07, 6.45) is 4.25. The Morgan fingerprint density at radius 2 is 1.80 bits per heavy atom. The molecule has 2 N–H and O–H groups in total. The molecule has 0 fully saturated rings. The molecule has 0 unspecified atom stereocenters. The van der Waals surface area contributed by atoms with Crippen LogP contribution in [0.2, 0.25) is 0 Å². The molecular weight excluding hydrogens is 292 g/mol. The Labute approximate surface area is 132 Å². The van der Waals surface area contributed by atoms with Gasteiger partial charge in [0.15, 0.2) is 0 Å². The van der Waals surface area contributed by atoms with Gasteiger partial charge in [-0.3, -0.25) is 4.79 Å². The van der Waals surface area contributed by atoms with Crippen LogP contribution in [0, 0.1) is 0 Å². The molecule has 0 aliphatic heterocycles. The summed E-state index contributed by atoms with van der Waals surface area (Å²) in [7, 11) is 0. The van der Waals surface area contributed by atoms with Gasteiger partial charge in [-0.2, -0.15) is 11.8 Å². The SMILES string of the molecule is CCC(CC)(CNC(=O)CNc1ccccc1)SC.Cl. The van der Waals surface area contributed by atoms with Gasteiger partial charge in [0, 0.05) is 17.0 Å². The minimum absolute atomic E-state index is 0. The summed E-state index contributed by atoms with van der Waals surface area (Å²) in [5.41, 5.74) is 0.972. The van der Waals surface area contributed by atoms with Gasteiger partial charge in [-0.15, -0.1) is 12.4 Å². The average Bonchev–Trinajstić information content (AvgIpc) is 2.48. The first-order valence-corrected chi connectivity index (χ1v) is 7.99. The van der Waals surface area contributed by atoms with Crippen molar-refractivity contribution in [3.63, 3.8) is 0 Å². The van der Waals surface area contributed by atoms with E-state index in [1.807, 2.05) is 42.1 Å². The van der Waals surface area contributed by atoms with Crippen molar-refractivity contribution in [2.75, 3.05) is 24.7 Å². The average molecular weight is 317 g/mol. The van der Waals surface area contributed by atoms with Crippen LogP contribution in [0.4, 0.5) is 5.69 Å². The van der Waals surface area contributed by atoms with Crippen molar-refractivity contribution in [2.45, 2.75) is 31.4 Å². The lowest BCUT2D eigenvalue weighted by Crippen LogP contribution is -2.41. The van der Waals surface area contributed by atoms with Gasteiger partial charge in [-0.25, -0.2) is 0 Å². The molecule has 0 saturated heterocycles. The van der Waals surface area contributed by atoms with Crippen molar-refractivity contribution in [3.05, 3.63) is 30.3 Å². The third kappa shape index (κ3) is 6.06. The first-order valence-electron chi connectivity index (χ1n) is 6.76. The Morgan fingerprint density at radius 1 is 1.20 bits per heavy atom. The number of carbonyl (C=O) groups excluding carboxylic acids is 1. The second-order valence-corrected chi connectivity index (χ2v) is 5.86. The summed E-state index contributed by atoms with van der Waals surface area (Å²) in [5, 5.41) is 6.14. The highest BCUT2D eigenvalue weighted by Gasteiger charge is 2.25. The number of carbonyl (C=O) groups is 1. The van der Waals surface area contributed by atoms with Crippen molar-refractivity contribution < 1.29 is 4.79 Å². The van der Waals surface area contributed by atoms with E-state index in [-0.39, 0.29) is 23.1 Å². The highest BCUT2D eigenvalue weighted by Crippen LogP contribution is 2.29. The molecule has 1 aromatic rings. The predicted octanol–water partition coefficient (Wildman–Crippen LogP) is 3.56. The highest BCUT2D eigenvalue weighted by atomic mass is 35.5. The fraction of sp³-hybridized carbons (Fsp3) is 0.533. The number of anilines is 1.